The molecule has 2 aliphatic rings. The van der Waals surface area contributed by atoms with Gasteiger partial charge in [-0.05, 0) is 47.0 Å². The van der Waals surface area contributed by atoms with Gasteiger partial charge in [0.15, 0.2) is 5.78 Å². The Bertz CT molecular complexity index is 582. The highest BCUT2D eigenvalue weighted by atomic mass is 32.1. The second kappa shape index (κ2) is 4.49. The van der Waals surface area contributed by atoms with Gasteiger partial charge in [-0.3, -0.25) is 4.79 Å². The van der Waals surface area contributed by atoms with Crippen LogP contribution >= 0.6 is 12.6 Å². The predicted molar refractivity (Wildman–Crippen MR) is 86.7 cm³/mol. The average Bonchev–Trinajstić information content (AvgIpc) is 2.74. The number of thiol groups is 1. The largest absolute Gasteiger partial charge is 0.294 e. The lowest BCUT2D eigenvalue weighted by atomic mass is 9.70. The van der Waals surface area contributed by atoms with Gasteiger partial charge in [0.25, 0.3) is 0 Å². The first-order chi connectivity index (χ1) is 9.40. The molecule has 0 heterocycles. The summed E-state index contributed by atoms with van der Waals surface area (Å²) in [5.41, 5.74) is 3.32. The van der Waals surface area contributed by atoms with E-state index in [1.807, 2.05) is 0 Å². The minimum absolute atomic E-state index is 0.0982. The molecule has 2 fully saturated rings. The van der Waals surface area contributed by atoms with Crippen LogP contribution in [0.1, 0.15) is 44.7 Å². The van der Waals surface area contributed by atoms with Crippen molar-refractivity contribution >= 4 is 24.5 Å². The highest BCUT2D eigenvalue weighted by Gasteiger charge is 2.63. The van der Waals surface area contributed by atoms with Gasteiger partial charge in [0.2, 0.25) is 0 Å². The van der Waals surface area contributed by atoms with Crippen molar-refractivity contribution in [2.75, 3.05) is 0 Å². The summed E-state index contributed by atoms with van der Waals surface area (Å²) >= 11 is 4.27. The first-order valence-electron chi connectivity index (χ1n) is 7.36. The van der Waals surface area contributed by atoms with E-state index in [1.165, 1.54) is 5.56 Å². The normalized spacial score (nSPS) is 33.1. The maximum atomic E-state index is 12.8. The second-order valence-electron chi connectivity index (χ2n) is 6.97. The van der Waals surface area contributed by atoms with Crippen molar-refractivity contribution < 1.29 is 4.79 Å². The summed E-state index contributed by atoms with van der Waals surface area (Å²) in [5, 5.41) is 0. The molecule has 2 saturated carbocycles. The van der Waals surface area contributed by atoms with Gasteiger partial charge < -0.3 is 0 Å². The number of fused-ring (bicyclic) bond motifs is 2. The molecule has 106 valence electrons. The van der Waals surface area contributed by atoms with Crippen LogP contribution in [-0.2, 0) is 10.5 Å². The fourth-order valence-corrected chi connectivity index (χ4v) is 4.20. The standard InChI is InChI=1S/C18H22OS/c1-17(2)15-8-9-18(17,3)16(19)14(15)10-12-4-6-13(11-20)7-5-12/h4-7,10,15,20H,8-9,11H2,1-3H3. The van der Waals surface area contributed by atoms with Crippen molar-refractivity contribution in [2.24, 2.45) is 16.7 Å². The molecule has 2 bridgehead atoms. The van der Waals surface area contributed by atoms with E-state index in [-0.39, 0.29) is 10.8 Å². The summed E-state index contributed by atoms with van der Waals surface area (Å²) < 4.78 is 0. The number of carbonyl (C=O) groups excluding carboxylic acids is 1. The SMILES string of the molecule is CC12CCC(C(=Cc3ccc(CS)cc3)C1=O)C2(C)C. The molecule has 0 N–H and O–H groups in total. The number of Topliss-reactive ketones (excluding diaryl/α,β-unsaturated/α-hetero) is 1. The monoisotopic (exact) mass is 286 g/mol. The van der Waals surface area contributed by atoms with Gasteiger partial charge in [-0.25, -0.2) is 0 Å². The highest BCUT2D eigenvalue weighted by Crippen LogP contribution is 2.65. The molecule has 0 aromatic heterocycles. The molecule has 20 heavy (non-hydrogen) atoms. The molecule has 2 heteroatoms. The topological polar surface area (TPSA) is 17.1 Å². The smallest absolute Gasteiger partial charge is 0.165 e. The summed E-state index contributed by atoms with van der Waals surface area (Å²) in [7, 11) is 0. The Hall–Kier alpha value is -1.02. The number of hydrogen-bond donors (Lipinski definition) is 1. The van der Waals surface area contributed by atoms with Crippen LogP contribution in [0.25, 0.3) is 6.08 Å². The Kier molecular flexibility index (Phi) is 3.13. The van der Waals surface area contributed by atoms with Gasteiger partial charge >= 0.3 is 0 Å². The minimum atomic E-state index is -0.158. The lowest BCUT2D eigenvalue weighted by molar-refractivity contribution is -0.125. The Balaban J connectivity index is 1.99. The van der Waals surface area contributed by atoms with Gasteiger partial charge in [-0.15, -0.1) is 0 Å². The zero-order chi connectivity index (χ0) is 14.5. The Morgan fingerprint density at radius 3 is 2.40 bits per heavy atom. The molecule has 2 unspecified atom stereocenters. The summed E-state index contributed by atoms with van der Waals surface area (Å²) in [6, 6.07) is 8.36. The number of allylic oxidation sites excluding steroid dienone is 1. The van der Waals surface area contributed by atoms with Gasteiger partial charge in [0.05, 0.1) is 0 Å². The van der Waals surface area contributed by atoms with E-state index in [0.717, 1.165) is 29.7 Å². The van der Waals surface area contributed by atoms with Crippen molar-refractivity contribution in [1.29, 1.82) is 0 Å². The van der Waals surface area contributed by atoms with E-state index in [4.69, 9.17) is 0 Å². The number of benzene rings is 1. The van der Waals surface area contributed by atoms with Gasteiger partial charge in [-0.1, -0.05) is 45.0 Å². The molecular formula is C18H22OS. The van der Waals surface area contributed by atoms with E-state index < -0.39 is 0 Å². The first kappa shape index (κ1) is 13.9. The third-order valence-electron chi connectivity index (χ3n) is 5.85. The molecule has 0 radical (unpaired) electrons. The summed E-state index contributed by atoms with van der Waals surface area (Å²) in [6.45, 7) is 6.67. The summed E-state index contributed by atoms with van der Waals surface area (Å²) in [5.74, 6) is 1.55. The van der Waals surface area contributed by atoms with E-state index >= 15 is 0 Å². The molecule has 0 saturated heterocycles. The minimum Gasteiger partial charge on any atom is -0.294 e. The Morgan fingerprint density at radius 1 is 1.25 bits per heavy atom. The van der Waals surface area contributed by atoms with Crippen molar-refractivity contribution in [3.8, 4) is 0 Å². The Labute approximate surface area is 126 Å². The zero-order valence-electron chi connectivity index (χ0n) is 12.4. The van der Waals surface area contributed by atoms with Crippen LogP contribution in [-0.4, -0.2) is 5.78 Å². The maximum Gasteiger partial charge on any atom is 0.165 e. The van der Waals surface area contributed by atoms with Crippen molar-refractivity contribution in [1.82, 2.24) is 0 Å². The van der Waals surface area contributed by atoms with Crippen LogP contribution in [0.2, 0.25) is 0 Å². The molecule has 2 atom stereocenters. The number of ketones is 1. The number of carbonyl (C=O) groups is 1. The van der Waals surface area contributed by atoms with Crippen LogP contribution < -0.4 is 0 Å². The zero-order valence-corrected chi connectivity index (χ0v) is 13.3. The summed E-state index contributed by atoms with van der Waals surface area (Å²) in [6.07, 6.45) is 4.30. The van der Waals surface area contributed by atoms with Crippen LogP contribution in [0.3, 0.4) is 0 Å². The van der Waals surface area contributed by atoms with Crippen LogP contribution in [0.5, 0.6) is 0 Å². The van der Waals surface area contributed by atoms with Gasteiger partial charge in [0.1, 0.15) is 0 Å². The lowest BCUT2D eigenvalue weighted by Crippen LogP contribution is -2.32. The fourth-order valence-electron chi connectivity index (χ4n) is 3.99. The first-order valence-corrected chi connectivity index (χ1v) is 7.99. The third-order valence-corrected chi connectivity index (χ3v) is 6.21. The fraction of sp³-hybridized carbons (Fsp3) is 0.500. The van der Waals surface area contributed by atoms with Gasteiger partial charge in [-0.2, -0.15) is 12.6 Å². The van der Waals surface area contributed by atoms with Crippen molar-refractivity contribution in [3.63, 3.8) is 0 Å². The van der Waals surface area contributed by atoms with E-state index in [1.54, 1.807) is 0 Å². The van der Waals surface area contributed by atoms with Crippen LogP contribution in [0.4, 0.5) is 0 Å². The molecule has 1 aromatic carbocycles. The lowest BCUT2D eigenvalue weighted by Gasteiger charge is -2.31. The van der Waals surface area contributed by atoms with E-state index in [0.29, 0.717) is 11.7 Å². The molecule has 3 rings (SSSR count). The van der Waals surface area contributed by atoms with Crippen LogP contribution in [0, 0.1) is 16.7 Å². The number of hydrogen-bond acceptors (Lipinski definition) is 2. The quantitative estimate of drug-likeness (QED) is 0.624. The number of rotatable bonds is 2. The Morgan fingerprint density at radius 2 is 1.90 bits per heavy atom. The van der Waals surface area contributed by atoms with Gasteiger partial charge in [0, 0.05) is 11.2 Å². The molecule has 1 aromatic rings. The van der Waals surface area contributed by atoms with E-state index in [2.05, 4.69) is 63.7 Å². The molecule has 0 aliphatic heterocycles. The molecule has 0 amide bonds. The van der Waals surface area contributed by atoms with Crippen LogP contribution in [0.15, 0.2) is 29.8 Å². The third kappa shape index (κ3) is 1.74. The van der Waals surface area contributed by atoms with Crippen molar-refractivity contribution in [2.45, 2.75) is 39.4 Å². The van der Waals surface area contributed by atoms with Crippen molar-refractivity contribution in [3.05, 3.63) is 41.0 Å². The predicted octanol–water partition coefficient (Wildman–Crippen LogP) is 4.53. The summed E-state index contributed by atoms with van der Waals surface area (Å²) in [4.78, 5) is 12.8. The molecule has 0 spiro atoms. The molecular weight excluding hydrogens is 264 g/mol. The maximum absolute atomic E-state index is 12.8. The van der Waals surface area contributed by atoms with E-state index in [9.17, 15) is 4.79 Å². The average molecular weight is 286 g/mol. The second-order valence-corrected chi connectivity index (χ2v) is 7.29. The molecule has 2 aliphatic carbocycles. The molecule has 1 nitrogen and oxygen atoms in total. The highest BCUT2D eigenvalue weighted by molar-refractivity contribution is 7.79.